The molecule has 0 aliphatic rings. The Balaban J connectivity index is 1.62. The number of carbonyl (C=O) groups is 1. The average Bonchev–Trinajstić information content (AvgIpc) is 3.24. The fourth-order valence-electron chi connectivity index (χ4n) is 2.71. The molecule has 0 bridgehead atoms. The Morgan fingerprint density at radius 2 is 1.92 bits per heavy atom. The van der Waals surface area contributed by atoms with Crippen molar-refractivity contribution in [3.8, 4) is 0 Å². The van der Waals surface area contributed by atoms with E-state index in [1.807, 2.05) is 18.4 Å². The Hall–Kier alpha value is -2.11. The highest BCUT2D eigenvalue weighted by atomic mass is 35.5. The van der Waals surface area contributed by atoms with Crippen LogP contribution in [-0.2, 0) is 6.54 Å². The van der Waals surface area contributed by atoms with Crippen molar-refractivity contribution in [2.45, 2.75) is 39.3 Å². The number of carbonyl (C=O) groups excluding carboxylic acids is 1. The minimum absolute atomic E-state index is 0.0424. The maximum Gasteiger partial charge on any atom is 0.261 e. The van der Waals surface area contributed by atoms with Crippen molar-refractivity contribution in [1.29, 1.82) is 0 Å². The smallest absolute Gasteiger partial charge is 0.261 e. The van der Waals surface area contributed by atoms with Gasteiger partial charge in [-0.2, -0.15) is 5.10 Å². The Morgan fingerprint density at radius 3 is 2.54 bits per heavy atom. The van der Waals surface area contributed by atoms with Crippen molar-refractivity contribution in [1.82, 2.24) is 15.1 Å². The molecule has 0 aliphatic heterocycles. The number of hydrogen-bond acceptors (Lipinski definition) is 3. The molecule has 3 aromatic rings. The summed E-state index contributed by atoms with van der Waals surface area (Å²) >= 11 is 7.32. The molecular weight excluding hydrogens is 366 g/mol. The first-order chi connectivity index (χ1) is 12.4. The van der Waals surface area contributed by atoms with E-state index in [4.69, 9.17) is 11.6 Å². The summed E-state index contributed by atoms with van der Waals surface area (Å²) in [4.78, 5) is 13.2. The Kier molecular flexibility index (Phi) is 5.79. The van der Waals surface area contributed by atoms with E-state index >= 15 is 0 Å². The van der Waals surface area contributed by atoms with E-state index in [-0.39, 0.29) is 11.9 Å². The molecule has 0 spiro atoms. The second-order valence-electron chi connectivity index (χ2n) is 6.69. The Labute approximate surface area is 162 Å². The van der Waals surface area contributed by atoms with Gasteiger partial charge in [-0.15, -0.1) is 11.3 Å². The van der Waals surface area contributed by atoms with Gasteiger partial charge >= 0.3 is 0 Å². The van der Waals surface area contributed by atoms with Gasteiger partial charge in [-0.3, -0.25) is 9.48 Å². The largest absolute Gasteiger partial charge is 0.345 e. The minimum atomic E-state index is -0.0554. The number of nitrogens with one attached hydrogen (secondary N) is 1. The van der Waals surface area contributed by atoms with Gasteiger partial charge in [0.2, 0.25) is 0 Å². The summed E-state index contributed by atoms with van der Waals surface area (Å²) in [5.74, 6) is 0.448. The number of amides is 1. The van der Waals surface area contributed by atoms with Crippen LogP contribution in [0.4, 0.5) is 0 Å². The first kappa shape index (κ1) is 18.7. The highest BCUT2D eigenvalue weighted by Gasteiger charge is 2.14. The van der Waals surface area contributed by atoms with Gasteiger partial charge in [0, 0.05) is 6.20 Å². The third-order valence-electron chi connectivity index (χ3n) is 4.27. The molecule has 1 unspecified atom stereocenters. The van der Waals surface area contributed by atoms with Crippen LogP contribution < -0.4 is 5.32 Å². The molecule has 4 nitrogen and oxygen atoms in total. The zero-order chi connectivity index (χ0) is 18.7. The first-order valence-corrected chi connectivity index (χ1v) is 9.84. The number of hydrogen-bond donors (Lipinski definition) is 1. The normalized spacial score (nSPS) is 12.3. The summed E-state index contributed by atoms with van der Waals surface area (Å²) in [5, 5.41) is 9.82. The zero-order valence-electron chi connectivity index (χ0n) is 15.1. The maximum atomic E-state index is 12.5. The van der Waals surface area contributed by atoms with Crippen LogP contribution in [-0.4, -0.2) is 15.7 Å². The SMILES string of the molecule is CC(C)c1ccc(C(C)NC(=O)c2cc(Cn3cc(Cl)cn3)cs2)cc1. The molecule has 2 aromatic heterocycles. The van der Waals surface area contributed by atoms with E-state index in [0.29, 0.717) is 22.4 Å². The van der Waals surface area contributed by atoms with Crippen LogP contribution >= 0.6 is 22.9 Å². The highest BCUT2D eigenvalue weighted by Crippen LogP contribution is 2.21. The average molecular weight is 388 g/mol. The summed E-state index contributed by atoms with van der Waals surface area (Å²) in [6.07, 6.45) is 3.37. The molecule has 3 rings (SSSR count). The van der Waals surface area contributed by atoms with Crippen LogP contribution in [0, 0.1) is 0 Å². The molecule has 6 heteroatoms. The van der Waals surface area contributed by atoms with Crippen molar-refractivity contribution in [3.05, 3.63) is 74.7 Å². The molecule has 1 aromatic carbocycles. The fourth-order valence-corrected chi connectivity index (χ4v) is 3.67. The number of rotatable bonds is 6. The van der Waals surface area contributed by atoms with Crippen LogP contribution in [0.2, 0.25) is 5.02 Å². The predicted octanol–water partition coefficient (Wildman–Crippen LogP) is 5.26. The third kappa shape index (κ3) is 4.54. The number of thiophene rings is 1. The second-order valence-corrected chi connectivity index (χ2v) is 8.04. The van der Waals surface area contributed by atoms with E-state index < -0.39 is 0 Å². The summed E-state index contributed by atoms with van der Waals surface area (Å²) in [7, 11) is 0. The highest BCUT2D eigenvalue weighted by molar-refractivity contribution is 7.12. The molecule has 0 aliphatic carbocycles. The molecule has 26 heavy (non-hydrogen) atoms. The summed E-state index contributed by atoms with van der Waals surface area (Å²) in [5.41, 5.74) is 3.44. The van der Waals surface area contributed by atoms with Gasteiger partial charge in [0.25, 0.3) is 5.91 Å². The fraction of sp³-hybridized carbons (Fsp3) is 0.300. The lowest BCUT2D eigenvalue weighted by molar-refractivity contribution is 0.0944. The number of aromatic nitrogens is 2. The lowest BCUT2D eigenvalue weighted by Gasteiger charge is -2.15. The van der Waals surface area contributed by atoms with Crippen LogP contribution in [0.15, 0.2) is 48.1 Å². The molecule has 2 heterocycles. The van der Waals surface area contributed by atoms with Gasteiger partial charge in [-0.25, -0.2) is 0 Å². The number of benzene rings is 1. The van der Waals surface area contributed by atoms with Crippen molar-refractivity contribution in [3.63, 3.8) is 0 Å². The number of halogens is 1. The van der Waals surface area contributed by atoms with Gasteiger partial charge in [0.15, 0.2) is 0 Å². The monoisotopic (exact) mass is 387 g/mol. The topological polar surface area (TPSA) is 46.9 Å². The summed E-state index contributed by atoms with van der Waals surface area (Å²) in [6, 6.07) is 10.3. The van der Waals surface area contributed by atoms with Gasteiger partial charge in [-0.05, 0) is 41.0 Å². The Morgan fingerprint density at radius 1 is 1.23 bits per heavy atom. The van der Waals surface area contributed by atoms with Crippen LogP contribution in [0.3, 0.4) is 0 Å². The molecule has 0 saturated heterocycles. The van der Waals surface area contributed by atoms with Crippen molar-refractivity contribution in [2.24, 2.45) is 0 Å². The minimum Gasteiger partial charge on any atom is -0.345 e. The quantitative estimate of drug-likeness (QED) is 0.627. The predicted molar refractivity (Wildman–Crippen MR) is 107 cm³/mol. The molecule has 1 atom stereocenters. The van der Waals surface area contributed by atoms with E-state index in [2.05, 4.69) is 48.5 Å². The Bertz CT molecular complexity index is 883. The number of nitrogens with zero attached hydrogens (tertiary/aromatic N) is 2. The van der Waals surface area contributed by atoms with Gasteiger partial charge in [0.05, 0.1) is 28.7 Å². The van der Waals surface area contributed by atoms with Crippen molar-refractivity contribution >= 4 is 28.8 Å². The van der Waals surface area contributed by atoms with Crippen LogP contribution in [0.1, 0.15) is 59.1 Å². The van der Waals surface area contributed by atoms with E-state index in [1.165, 1.54) is 16.9 Å². The molecule has 136 valence electrons. The van der Waals surface area contributed by atoms with E-state index in [1.54, 1.807) is 17.1 Å². The molecule has 1 N–H and O–H groups in total. The molecule has 0 fully saturated rings. The molecule has 1 amide bonds. The first-order valence-electron chi connectivity index (χ1n) is 8.58. The summed E-state index contributed by atoms with van der Waals surface area (Å²) < 4.78 is 1.75. The summed E-state index contributed by atoms with van der Waals surface area (Å²) in [6.45, 7) is 6.95. The van der Waals surface area contributed by atoms with Crippen molar-refractivity contribution in [2.75, 3.05) is 0 Å². The molecule has 0 saturated carbocycles. The van der Waals surface area contributed by atoms with E-state index in [9.17, 15) is 4.79 Å². The van der Waals surface area contributed by atoms with Crippen LogP contribution in [0.25, 0.3) is 0 Å². The standard InChI is InChI=1S/C20H22ClN3OS/c1-13(2)16-4-6-17(7-5-16)14(3)23-20(25)19-8-15(12-26-19)10-24-11-18(21)9-22-24/h4-9,11-14H,10H2,1-3H3,(H,23,25). The molecular formula is C20H22ClN3OS. The van der Waals surface area contributed by atoms with Gasteiger partial charge in [-0.1, -0.05) is 49.7 Å². The van der Waals surface area contributed by atoms with E-state index in [0.717, 1.165) is 11.1 Å². The third-order valence-corrected chi connectivity index (χ3v) is 5.45. The maximum absolute atomic E-state index is 12.5. The van der Waals surface area contributed by atoms with Gasteiger partial charge < -0.3 is 5.32 Å². The zero-order valence-corrected chi connectivity index (χ0v) is 16.6. The second kappa shape index (κ2) is 8.06. The van der Waals surface area contributed by atoms with Gasteiger partial charge in [0.1, 0.15) is 0 Å². The van der Waals surface area contributed by atoms with Crippen molar-refractivity contribution < 1.29 is 4.79 Å². The lowest BCUT2D eigenvalue weighted by Crippen LogP contribution is -2.25. The lowest BCUT2D eigenvalue weighted by atomic mass is 9.99. The molecule has 0 radical (unpaired) electrons. The van der Waals surface area contributed by atoms with Crippen LogP contribution in [0.5, 0.6) is 0 Å².